The first-order valence-electron chi connectivity index (χ1n) is 6.88. The molecular weight excluding hydrogens is 268 g/mol. The number of carbonyl (C=O) groups excluding carboxylic acids is 1. The summed E-state index contributed by atoms with van der Waals surface area (Å²) < 4.78 is 6.77. The fraction of sp³-hybridized carbons (Fsp3) is 0.333. The molecule has 2 amide bonds. The summed E-state index contributed by atoms with van der Waals surface area (Å²) in [5, 5.41) is 9.72. The highest BCUT2D eigenvalue weighted by Gasteiger charge is 2.01. The molecular formula is C15H20N4O2. The Hall–Kier alpha value is -2.34. The molecule has 0 saturated carbocycles. The van der Waals surface area contributed by atoms with Gasteiger partial charge in [-0.3, -0.25) is 4.68 Å². The summed E-state index contributed by atoms with van der Waals surface area (Å²) in [7, 11) is 1.64. The van der Waals surface area contributed by atoms with E-state index in [1.165, 1.54) is 0 Å². The van der Waals surface area contributed by atoms with Gasteiger partial charge in [-0.05, 0) is 30.2 Å². The van der Waals surface area contributed by atoms with Gasteiger partial charge in [-0.2, -0.15) is 5.10 Å². The minimum Gasteiger partial charge on any atom is -0.385 e. The van der Waals surface area contributed by atoms with Crippen molar-refractivity contribution in [1.82, 2.24) is 15.1 Å². The number of carbonyl (C=O) groups is 1. The van der Waals surface area contributed by atoms with Crippen LogP contribution in [0.5, 0.6) is 0 Å². The number of nitrogens with one attached hydrogen (secondary N) is 2. The molecule has 0 radical (unpaired) electrons. The standard InChI is InChI=1S/C15H20N4O2/c1-21-11-3-8-16-15(20)18-14-6-4-13(5-7-14)12-19-10-2-9-17-19/h2,4-7,9-10H,3,8,11-12H2,1H3,(H2,16,18,20). The number of hydrogen-bond donors (Lipinski definition) is 2. The van der Waals surface area contributed by atoms with Crippen molar-refractivity contribution in [3.63, 3.8) is 0 Å². The molecule has 112 valence electrons. The second-order valence-electron chi connectivity index (χ2n) is 4.63. The van der Waals surface area contributed by atoms with E-state index in [9.17, 15) is 4.79 Å². The summed E-state index contributed by atoms with van der Waals surface area (Å²) in [6.45, 7) is 1.95. The van der Waals surface area contributed by atoms with Gasteiger partial charge in [0, 0.05) is 38.3 Å². The number of benzene rings is 1. The van der Waals surface area contributed by atoms with Crippen LogP contribution in [0.2, 0.25) is 0 Å². The smallest absolute Gasteiger partial charge is 0.319 e. The van der Waals surface area contributed by atoms with E-state index in [4.69, 9.17) is 4.74 Å². The van der Waals surface area contributed by atoms with Crippen molar-refractivity contribution >= 4 is 11.7 Å². The minimum absolute atomic E-state index is 0.203. The molecule has 6 heteroatoms. The van der Waals surface area contributed by atoms with E-state index < -0.39 is 0 Å². The van der Waals surface area contributed by atoms with Crippen LogP contribution >= 0.6 is 0 Å². The van der Waals surface area contributed by atoms with Gasteiger partial charge in [-0.1, -0.05) is 12.1 Å². The number of ether oxygens (including phenoxy) is 1. The molecule has 1 heterocycles. The zero-order valence-electron chi connectivity index (χ0n) is 12.1. The summed E-state index contributed by atoms with van der Waals surface area (Å²) >= 11 is 0. The molecule has 2 aromatic rings. The highest BCUT2D eigenvalue weighted by Crippen LogP contribution is 2.10. The third-order valence-electron chi connectivity index (χ3n) is 2.93. The van der Waals surface area contributed by atoms with Crippen molar-refractivity contribution in [2.45, 2.75) is 13.0 Å². The molecule has 2 rings (SSSR count). The van der Waals surface area contributed by atoms with Gasteiger partial charge < -0.3 is 15.4 Å². The Morgan fingerprint density at radius 3 is 2.81 bits per heavy atom. The van der Waals surface area contributed by atoms with Crippen molar-refractivity contribution < 1.29 is 9.53 Å². The van der Waals surface area contributed by atoms with Crippen molar-refractivity contribution in [2.75, 3.05) is 25.6 Å². The lowest BCUT2D eigenvalue weighted by Gasteiger charge is -2.08. The fourth-order valence-electron chi connectivity index (χ4n) is 1.87. The van der Waals surface area contributed by atoms with Gasteiger partial charge in [-0.15, -0.1) is 0 Å². The second kappa shape index (κ2) is 8.06. The number of anilines is 1. The second-order valence-corrected chi connectivity index (χ2v) is 4.63. The number of aromatic nitrogens is 2. The van der Waals surface area contributed by atoms with Crippen molar-refractivity contribution in [1.29, 1.82) is 0 Å². The van der Waals surface area contributed by atoms with E-state index in [1.54, 1.807) is 13.3 Å². The average molecular weight is 288 g/mol. The van der Waals surface area contributed by atoms with E-state index in [-0.39, 0.29) is 6.03 Å². The van der Waals surface area contributed by atoms with Gasteiger partial charge in [0.25, 0.3) is 0 Å². The molecule has 0 bridgehead atoms. The molecule has 0 aliphatic heterocycles. The number of hydrogen-bond acceptors (Lipinski definition) is 3. The molecule has 0 aliphatic rings. The summed E-state index contributed by atoms with van der Waals surface area (Å²) in [5.74, 6) is 0. The molecule has 0 fully saturated rings. The Bertz CT molecular complexity index is 537. The van der Waals surface area contributed by atoms with Crippen LogP contribution in [-0.2, 0) is 11.3 Å². The van der Waals surface area contributed by atoms with Crippen LogP contribution in [0.4, 0.5) is 10.5 Å². The minimum atomic E-state index is -0.203. The van der Waals surface area contributed by atoms with E-state index in [1.807, 2.05) is 41.2 Å². The Morgan fingerprint density at radius 1 is 1.33 bits per heavy atom. The van der Waals surface area contributed by atoms with E-state index in [0.29, 0.717) is 13.2 Å². The van der Waals surface area contributed by atoms with E-state index >= 15 is 0 Å². The highest BCUT2D eigenvalue weighted by atomic mass is 16.5. The predicted molar refractivity (Wildman–Crippen MR) is 81.3 cm³/mol. The highest BCUT2D eigenvalue weighted by molar-refractivity contribution is 5.89. The van der Waals surface area contributed by atoms with Crippen LogP contribution < -0.4 is 10.6 Å². The number of amides is 2. The topological polar surface area (TPSA) is 68.2 Å². The number of methoxy groups -OCH3 is 1. The van der Waals surface area contributed by atoms with Crippen LogP contribution in [0.3, 0.4) is 0 Å². The molecule has 1 aromatic heterocycles. The van der Waals surface area contributed by atoms with Gasteiger partial charge in [-0.25, -0.2) is 4.79 Å². The van der Waals surface area contributed by atoms with E-state index in [2.05, 4.69) is 15.7 Å². The lowest BCUT2D eigenvalue weighted by atomic mass is 10.2. The molecule has 1 aromatic carbocycles. The Morgan fingerprint density at radius 2 is 2.14 bits per heavy atom. The summed E-state index contributed by atoms with van der Waals surface area (Å²) in [4.78, 5) is 11.6. The average Bonchev–Trinajstić information content (AvgIpc) is 2.99. The number of rotatable bonds is 7. The van der Waals surface area contributed by atoms with Crippen LogP contribution in [0.25, 0.3) is 0 Å². The SMILES string of the molecule is COCCCNC(=O)Nc1ccc(Cn2cccn2)cc1. The summed E-state index contributed by atoms with van der Waals surface area (Å²) in [6, 6.07) is 9.40. The fourth-order valence-corrected chi connectivity index (χ4v) is 1.87. The summed E-state index contributed by atoms with van der Waals surface area (Å²) in [6.07, 6.45) is 4.47. The third kappa shape index (κ3) is 5.27. The quantitative estimate of drug-likeness (QED) is 0.767. The molecule has 0 aliphatic carbocycles. The van der Waals surface area contributed by atoms with Crippen LogP contribution in [0.1, 0.15) is 12.0 Å². The van der Waals surface area contributed by atoms with E-state index in [0.717, 1.165) is 24.2 Å². The van der Waals surface area contributed by atoms with Crippen LogP contribution in [0.15, 0.2) is 42.7 Å². The van der Waals surface area contributed by atoms with Crippen molar-refractivity contribution in [2.24, 2.45) is 0 Å². The molecule has 0 saturated heterocycles. The third-order valence-corrected chi connectivity index (χ3v) is 2.93. The lowest BCUT2D eigenvalue weighted by molar-refractivity contribution is 0.194. The Kier molecular flexibility index (Phi) is 5.78. The zero-order valence-corrected chi connectivity index (χ0v) is 12.1. The molecule has 2 N–H and O–H groups in total. The molecule has 6 nitrogen and oxygen atoms in total. The van der Waals surface area contributed by atoms with Crippen LogP contribution in [-0.4, -0.2) is 36.1 Å². The van der Waals surface area contributed by atoms with Crippen LogP contribution in [0, 0.1) is 0 Å². The molecule has 0 unspecified atom stereocenters. The van der Waals surface area contributed by atoms with Crippen molar-refractivity contribution in [3.05, 3.63) is 48.3 Å². The molecule has 0 spiro atoms. The number of nitrogens with zero attached hydrogens (tertiary/aromatic N) is 2. The maximum atomic E-state index is 11.6. The lowest BCUT2D eigenvalue weighted by Crippen LogP contribution is -2.30. The molecule has 21 heavy (non-hydrogen) atoms. The maximum absolute atomic E-state index is 11.6. The normalized spacial score (nSPS) is 10.3. The Labute approximate surface area is 124 Å². The molecule has 0 atom stereocenters. The number of urea groups is 1. The first-order valence-corrected chi connectivity index (χ1v) is 6.88. The van der Waals surface area contributed by atoms with Gasteiger partial charge in [0.05, 0.1) is 6.54 Å². The maximum Gasteiger partial charge on any atom is 0.319 e. The zero-order chi connectivity index (χ0) is 14.9. The Balaban J connectivity index is 1.78. The van der Waals surface area contributed by atoms with Gasteiger partial charge in [0.1, 0.15) is 0 Å². The first-order chi connectivity index (χ1) is 10.3. The largest absolute Gasteiger partial charge is 0.385 e. The van der Waals surface area contributed by atoms with Gasteiger partial charge in [0.2, 0.25) is 0 Å². The van der Waals surface area contributed by atoms with Gasteiger partial charge >= 0.3 is 6.03 Å². The predicted octanol–water partition coefficient (Wildman–Crippen LogP) is 2.09. The monoisotopic (exact) mass is 288 g/mol. The van der Waals surface area contributed by atoms with Gasteiger partial charge in [0.15, 0.2) is 0 Å². The first kappa shape index (κ1) is 15.1. The van der Waals surface area contributed by atoms with Crippen molar-refractivity contribution in [3.8, 4) is 0 Å². The summed E-state index contributed by atoms with van der Waals surface area (Å²) in [5.41, 5.74) is 1.90.